The van der Waals surface area contributed by atoms with E-state index >= 15 is 0 Å². The summed E-state index contributed by atoms with van der Waals surface area (Å²) in [6.45, 7) is 3.99. The number of aliphatic hydroxyl groups is 1. The van der Waals surface area contributed by atoms with E-state index in [-0.39, 0.29) is 12.5 Å². The van der Waals surface area contributed by atoms with Crippen LogP contribution in [-0.4, -0.2) is 22.4 Å². The molecule has 0 amide bonds. The van der Waals surface area contributed by atoms with Gasteiger partial charge in [-0.3, -0.25) is 4.98 Å². The Hall–Kier alpha value is -1.22. The van der Waals surface area contributed by atoms with Crippen molar-refractivity contribution < 1.29 is 5.11 Å². The lowest BCUT2D eigenvalue weighted by molar-refractivity contribution is 0.221. The summed E-state index contributed by atoms with van der Waals surface area (Å²) in [6.07, 6.45) is 1.74. The molecule has 3 heteroatoms. The molecule has 1 rings (SSSR count). The first-order valence-electron chi connectivity index (χ1n) is 5.29. The molecule has 0 aliphatic carbocycles. The molecule has 0 aliphatic heterocycles. The van der Waals surface area contributed by atoms with Crippen molar-refractivity contribution in [1.29, 1.82) is 5.41 Å². The van der Waals surface area contributed by atoms with Gasteiger partial charge in [-0.05, 0) is 31.4 Å². The van der Waals surface area contributed by atoms with Crippen LogP contribution in [0.5, 0.6) is 0 Å². The maximum Gasteiger partial charge on any atom is 0.0837 e. The van der Waals surface area contributed by atoms with Gasteiger partial charge in [0.2, 0.25) is 0 Å². The van der Waals surface area contributed by atoms with Crippen LogP contribution in [0.4, 0.5) is 0 Å². The molecule has 15 heavy (non-hydrogen) atoms. The summed E-state index contributed by atoms with van der Waals surface area (Å²) < 4.78 is 0. The quantitative estimate of drug-likeness (QED) is 0.724. The van der Waals surface area contributed by atoms with Gasteiger partial charge < -0.3 is 10.5 Å². The molecule has 1 unspecified atom stereocenters. The average molecular weight is 206 g/mol. The molecule has 0 saturated heterocycles. The molecule has 1 heterocycles. The molecule has 0 saturated carbocycles. The molecular weight excluding hydrogens is 188 g/mol. The molecule has 0 aliphatic rings. The van der Waals surface area contributed by atoms with E-state index < -0.39 is 0 Å². The molecule has 0 radical (unpaired) electrons. The smallest absolute Gasteiger partial charge is 0.0837 e. The SMILES string of the molecule is CCC(CO)Cc1cccc(C(C)=N)n1. The summed E-state index contributed by atoms with van der Waals surface area (Å²) in [5, 5.41) is 16.6. The first kappa shape index (κ1) is 11.9. The maximum absolute atomic E-state index is 9.10. The third-order valence-corrected chi connectivity index (χ3v) is 2.52. The Labute approximate surface area is 90.7 Å². The van der Waals surface area contributed by atoms with E-state index in [2.05, 4.69) is 11.9 Å². The second kappa shape index (κ2) is 5.61. The predicted octanol–water partition coefficient (Wildman–Crippen LogP) is 2.03. The van der Waals surface area contributed by atoms with Gasteiger partial charge in [0.05, 0.1) is 11.4 Å². The highest BCUT2D eigenvalue weighted by Crippen LogP contribution is 2.10. The molecule has 2 N–H and O–H groups in total. The first-order chi connectivity index (χ1) is 7.17. The van der Waals surface area contributed by atoms with Crippen LogP contribution in [0, 0.1) is 11.3 Å². The van der Waals surface area contributed by atoms with Crippen LogP contribution in [0.25, 0.3) is 0 Å². The Morgan fingerprint density at radius 3 is 2.80 bits per heavy atom. The fourth-order valence-corrected chi connectivity index (χ4v) is 1.44. The molecule has 1 atom stereocenters. The zero-order valence-electron chi connectivity index (χ0n) is 9.33. The standard InChI is InChI=1S/C12H18N2O/c1-3-10(8-15)7-11-5-4-6-12(14-11)9(2)13/h4-6,10,13,15H,3,7-8H2,1-2H3. The minimum absolute atomic E-state index is 0.200. The first-order valence-corrected chi connectivity index (χ1v) is 5.29. The van der Waals surface area contributed by atoms with E-state index in [1.807, 2.05) is 18.2 Å². The van der Waals surface area contributed by atoms with Gasteiger partial charge in [-0.15, -0.1) is 0 Å². The predicted molar refractivity (Wildman–Crippen MR) is 61.3 cm³/mol. The van der Waals surface area contributed by atoms with E-state index in [9.17, 15) is 0 Å². The Kier molecular flexibility index (Phi) is 4.43. The van der Waals surface area contributed by atoms with Crippen molar-refractivity contribution in [2.75, 3.05) is 6.61 Å². The van der Waals surface area contributed by atoms with Crippen molar-refractivity contribution in [2.24, 2.45) is 5.92 Å². The summed E-state index contributed by atoms with van der Waals surface area (Å²) in [5.41, 5.74) is 2.16. The second-order valence-corrected chi connectivity index (χ2v) is 3.80. The van der Waals surface area contributed by atoms with Gasteiger partial charge in [-0.2, -0.15) is 0 Å². The van der Waals surface area contributed by atoms with Crippen LogP contribution in [0.3, 0.4) is 0 Å². The fourth-order valence-electron chi connectivity index (χ4n) is 1.44. The lowest BCUT2D eigenvalue weighted by Gasteiger charge is -2.11. The van der Waals surface area contributed by atoms with Gasteiger partial charge in [0.25, 0.3) is 0 Å². The van der Waals surface area contributed by atoms with Gasteiger partial charge in [-0.1, -0.05) is 19.4 Å². The second-order valence-electron chi connectivity index (χ2n) is 3.80. The van der Waals surface area contributed by atoms with Gasteiger partial charge in [0.15, 0.2) is 0 Å². The number of pyridine rings is 1. The van der Waals surface area contributed by atoms with Crippen molar-refractivity contribution >= 4 is 5.71 Å². The van der Waals surface area contributed by atoms with Gasteiger partial charge in [0, 0.05) is 12.3 Å². The van der Waals surface area contributed by atoms with E-state index in [0.717, 1.165) is 24.2 Å². The fraction of sp³-hybridized carbons (Fsp3) is 0.500. The van der Waals surface area contributed by atoms with Crippen molar-refractivity contribution in [3.63, 3.8) is 0 Å². The summed E-state index contributed by atoms with van der Waals surface area (Å²) in [7, 11) is 0. The van der Waals surface area contributed by atoms with Gasteiger partial charge >= 0.3 is 0 Å². The molecule has 82 valence electrons. The molecule has 0 bridgehead atoms. The summed E-state index contributed by atoms with van der Waals surface area (Å²) in [4.78, 5) is 4.37. The molecule has 3 nitrogen and oxygen atoms in total. The maximum atomic E-state index is 9.10. The third-order valence-electron chi connectivity index (χ3n) is 2.52. The lowest BCUT2D eigenvalue weighted by Crippen LogP contribution is -2.10. The van der Waals surface area contributed by atoms with E-state index in [1.165, 1.54) is 0 Å². The highest BCUT2D eigenvalue weighted by molar-refractivity contribution is 5.94. The molecule has 1 aromatic heterocycles. The Balaban J connectivity index is 2.77. The van der Waals surface area contributed by atoms with Crippen molar-refractivity contribution in [1.82, 2.24) is 4.98 Å². The molecular formula is C12H18N2O. The van der Waals surface area contributed by atoms with Crippen molar-refractivity contribution in [2.45, 2.75) is 26.7 Å². The number of rotatable bonds is 5. The highest BCUT2D eigenvalue weighted by Gasteiger charge is 2.07. The van der Waals surface area contributed by atoms with Crippen molar-refractivity contribution in [3.05, 3.63) is 29.6 Å². The van der Waals surface area contributed by atoms with E-state index in [0.29, 0.717) is 5.71 Å². The number of nitrogens with one attached hydrogen (secondary N) is 1. The zero-order valence-corrected chi connectivity index (χ0v) is 9.33. The third kappa shape index (κ3) is 3.44. The van der Waals surface area contributed by atoms with Crippen LogP contribution in [0.15, 0.2) is 18.2 Å². The number of aromatic nitrogens is 1. The summed E-state index contributed by atoms with van der Waals surface area (Å²) in [5.74, 6) is 0.277. The highest BCUT2D eigenvalue weighted by atomic mass is 16.3. The minimum Gasteiger partial charge on any atom is -0.396 e. The average Bonchev–Trinajstić information content (AvgIpc) is 2.26. The zero-order chi connectivity index (χ0) is 11.3. The number of hydrogen-bond donors (Lipinski definition) is 2. The summed E-state index contributed by atoms with van der Waals surface area (Å²) in [6, 6.07) is 5.70. The number of aliphatic hydroxyl groups excluding tert-OH is 1. The van der Waals surface area contributed by atoms with Crippen molar-refractivity contribution in [3.8, 4) is 0 Å². The molecule has 0 spiro atoms. The van der Waals surface area contributed by atoms with E-state index in [4.69, 9.17) is 10.5 Å². The summed E-state index contributed by atoms with van der Waals surface area (Å²) >= 11 is 0. The monoisotopic (exact) mass is 206 g/mol. The molecule has 0 fully saturated rings. The molecule has 1 aromatic rings. The van der Waals surface area contributed by atoms with Gasteiger partial charge in [-0.25, -0.2) is 0 Å². The van der Waals surface area contributed by atoms with Crippen LogP contribution in [-0.2, 0) is 6.42 Å². The number of hydrogen-bond acceptors (Lipinski definition) is 3. The van der Waals surface area contributed by atoms with Crippen LogP contribution in [0.2, 0.25) is 0 Å². The Bertz CT molecular complexity index is 332. The Morgan fingerprint density at radius 1 is 1.53 bits per heavy atom. The number of nitrogens with zero attached hydrogens (tertiary/aromatic N) is 1. The Morgan fingerprint density at radius 2 is 2.27 bits per heavy atom. The van der Waals surface area contributed by atoms with Crippen LogP contribution >= 0.6 is 0 Å². The van der Waals surface area contributed by atoms with Crippen LogP contribution < -0.4 is 0 Å². The van der Waals surface area contributed by atoms with Gasteiger partial charge in [0.1, 0.15) is 0 Å². The largest absolute Gasteiger partial charge is 0.396 e. The minimum atomic E-state index is 0.200. The van der Waals surface area contributed by atoms with Crippen LogP contribution in [0.1, 0.15) is 31.7 Å². The normalized spacial score (nSPS) is 12.5. The topological polar surface area (TPSA) is 57.0 Å². The molecule has 0 aromatic carbocycles. The van der Waals surface area contributed by atoms with E-state index in [1.54, 1.807) is 6.92 Å². The lowest BCUT2D eigenvalue weighted by atomic mass is 10.0.